The zero-order valence-electron chi connectivity index (χ0n) is 4.41. The first-order chi connectivity index (χ1) is 3.71. The Hall–Kier alpha value is 1.64. The van der Waals surface area contributed by atoms with Crippen LogP contribution in [0.1, 0.15) is 0 Å². The number of phosphoric acid groups is 2. The Bertz CT molecular complexity index is 152. The van der Waals surface area contributed by atoms with Crippen LogP contribution in [0.2, 0.25) is 0 Å². The summed E-state index contributed by atoms with van der Waals surface area (Å²) >= 11 is 0. The topological polar surface area (TPSA) is 124 Å². The number of rotatable bonds is 2. The van der Waals surface area contributed by atoms with Crippen LogP contribution < -0.4 is 0 Å². The zero-order valence-corrected chi connectivity index (χ0v) is 9.34. The van der Waals surface area contributed by atoms with Crippen molar-refractivity contribution in [3.05, 3.63) is 0 Å². The minimum Gasteiger partial charge on any atom is -0.302 e. The fourth-order valence-electron chi connectivity index (χ4n) is 0.139. The SMILES string of the molecule is O=P(O)(O)OP(=O)(O)O.[Ce]. The fraction of sp³-hybridized carbons (Fsp3) is 0. The molecule has 0 radical (unpaired) electrons. The van der Waals surface area contributed by atoms with E-state index >= 15 is 0 Å². The summed E-state index contributed by atoms with van der Waals surface area (Å²) in [6.07, 6.45) is 0. The third-order valence-corrected chi connectivity index (χ3v) is 1.91. The molecule has 0 amide bonds. The summed E-state index contributed by atoms with van der Waals surface area (Å²) in [6, 6.07) is 0. The van der Waals surface area contributed by atoms with E-state index in [1.54, 1.807) is 0 Å². The average molecular weight is 318 g/mol. The number of hydrogen-bond donors (Lipinski definition) is 4. The fourth-order valence-corrected chi connectivity index (χ4v) is 1.25. The smallest absolute Gasteiger partial charge is 0.302 e. The van der Waals surface area contributed by atoms with Crippen LogP contribution in [0.4, 0.5) is 0 Å². The molecule has 0 aliphatic carbocycles. The van der Waals surface area contributed by atoms with Crippen molar-refractivity contribution < 1.29 is 74.8 Å². The summed E-state index contributed by atoms with van der Waals surface area (Å²) in [5.74, 6) is 0. The van der Waals surface area contributed by atoms with E-state index in [0.717, 1.165) is 0 Å². The molecule has 4 N–H and O–H groups in total. The molecule has 0 aliphatic rings. The van der Waals surface area contributed by atoms with Crippen molar-refractivity contribution in [2.45, 2.75) is 0 Å². The molecule has 0 aromatic rings. The summed E-state index contributed by atoms with van der Waals surface area (Å²) in [5.41, 5.74) is 0. The van der Waals surface area contributed by atoms with E-state index in [1.807, 2.05) is 0 Å². The van der Waals surface area contributed by atoms with Crippen molar-refractivity contribution in [3.63, 3.8) is 0 Å². The molecule has 0 unspecified atom stereocenters. The van der Waals surface area contributed by atoms with Crippen molar-refractivity contribution in [2.24, 2.45) is 0 Å². The molecule has 60 valence electrons. The first-order valence-electron chi connectivity index (χ1n) is 1.53. The zero-order chi connectivity index (χ0) is 7.71. The van der Waals surface area contributed by atoms with E-state index in [4.69, 9.17) is 19.6 Å². The van der Waals surface area contributed by atoms with Crippen LogP contribution in [0, 0.1) is 41.7 Å². The van der Waals surface area contributed by atoms with Crippen molar-refractivity contribution in [3.8, 4) is 0 Å². The predicted molar refractivity (Wildman–Crippen MR) is 25.2 cm³/mol. The normalized spacial score (nSPS) is 12.4. The second-order valence-electron chi connectivity index (χ2n) is 1.06. The van der Waals surface area contributed by atoms with Gasteiger partial charge in [-0.05, 0) is 0 Å². The van der Waals surface area contributed by atoms with Crippen LogP contribution in [0.25, 0.3) is 0 Å². The van der Waals surface area contributed by atoms with Crippen LogP contribution in [0.15, 0.2) is 0 Å². The van der Waals surface area contributed by atoms with Crippen LogP contribution in [0.5, 0.6) is 0 Å². The van der Waals surface area contributed by atoms with Gasteiger partial charge < -0.3 is 19.6 Å². The van der Waals surface area contributed by atoms with Gasteiger partial charge in [-0.2, -0.15) is 4.31 Å². The molecule has 0 heterocycles. The minimum atomic E-state index is -5.05. The third-order valence-electron chi connectivity index (χ3n) is 0.213. The maximum atomic E-state index is 9.63. The summed E-state index contributed by atoms with van der Waals surface area (Å²) in [5, 5.41) is 0. The third kappa shape index (κ3) is 12.3. The van der Waals surface area contributed by atoms with Crippen LogP contribution >= 0.6 is 15.6 Å². The van der Waals surface area contributed by atoms with Gasteiger partial charge in [-0.15, -0.1) is 0 Å². The van der Waals surface area contributed by atoms with E-state index < -0.39 is 15.6 Å². The van der Waals surface area contributed by atoms with Gasteiger partial charge in [0.1, 0.15) is 0 Å². The summed E-state index contributed by atoms with van der Waals surface area (Å²) < 4.78 is 22.2. The molecule has 10 heteroatoms. The summed E-state index contributed by atoms with van der Waals surface area (Å²) in [7, 11) is -10.1. The van der Waals surface area contributed by atoms with Crippen molar-refractivity contribution in [1.82, 2.24) is 0 Å². The van der Waals surface area contributed by atoms with Gasteiger partial charge in [0.25, 0.3) is 0 Å². The maximum absolute atomic E-state index is 9.63. The molecule has 0 fully saturated rings. The Balaban J connectivity index is 0. The monoisotopic (exact) mass is 318 g/mol. The second-order valence-corrected chi connectivity index (χ2v) is 3.68. The predicted octanol–water partition coefficient (Wildman–Crippen LogP) is -0.812. The van der Waals surface area contributed by atoms with Gasteiger partial charge in [-0.1, -0.05) is 0 Å². The average Bonchev–Trinajstić information content (AvgIpc) is 1.14. The van der Waals surface area contributed by atoms with E-state index in [2.05, 4.69) is 4.31 Å². The van der Waals surface area contributed by atoms with E-state index in [1.165, 1.54) is 0 Å². The summed E-state index contributed by atoms with van der Waals surface area (Å²) in [6.45, 7) is 0. The van der Waals surface area contributed by atoms with Gasteiger partial charge in [-0.3, -0.25) is 0 Å². The Kier molecular flexibility index (Phi) is 6.54. The largest absolute Gasteiger partial charge is 0.478 e. The van der Waals surface area contributed by atoms with E-state index in [-0.39, 0.29) is 41.7 Å². The van der Waals surface area contributed by atoms with Crippen molar-refractivity contribution in [1.29, 1.82) is 0 Å². The second kappa shape index (κ2) is 4.61. The molecule has 10 heavy (non-hydrogen) atoms. The van der Waals surface area contributed by atoms with Gasteiger partial charge in [0.2, 0.25) is 0 Å². The minimum absolute atomic E-state index is 0. The standard InChI is InChI=1S/Ce.H4O7P2/c;1-8(2,3)7-9(4,5)6/h;(H2,1,2,3)(H2,4,5,6). The quantitative estimate of drug-likeness (QED) is 0.491. The summed E-state index contributed by atoms with van der Waals surface area (Å²) in [4.78, 5) is 31.0. The molecule has 0 atom stereocenters. The molecule has 0 aliphatic heterocycles. The molecule has 7 nitrogen and oxygen atoms in total. The van der Waals surface area contributed by atoms with Gasteiger partial charge >= 0.3 is 15.6 Å². The molecule has 0 aromatic carbocycles. The molecule has 0 saturated heterocycles. The Labute approximate surface area is 89.6 Å². The van der Waals surface area contributed by atoms with E-state index in [0.29, 0.717) is 0 Å². The molecule has 0 bridgehead atoms. The Morgan fingerprint density at radius 2 is 1.10 bits per heavy atom. The van der Waals surface area contributed by atoms with Gasteiger partial charge in [0, 0.05) is 41.7 Å². The van der Waals surface area contributed by atoms with Crippen LogP contribution in [0.3, 0.4) is 0 Å². The van der Waals surface area contributed by atoms with E-state index in [9.17, 15) is 9.13 Å². The van der Waals surface area contributed by atoms with Crippen LogP contribution in [-0.4, -0.2) is 19.6 Å². The van der Waals surface area contributed by atoms with Gasteiger partial charge in [0.05, 0.1) is 0 Å². The van der Waals surface area contributed by atoms with Crippen LogP contribution in [-0.2, 0) is 13.4 Å². The molecular formula is H4CeO7P2. The molecular weight excluding hydrogens is 314 g/mol. The molecule has 0 saturated carbocycles. The van der Waals surface area contributed by atoms with Gasteiger partial charge in [-0.25, -0.2) is 9.13 Å². The number of hydrogen-bond acceptors (Lipinski definition) is 3. The van der Waals surface area contributed by atoms with Crippen molar-refractivity contribution in [2.75, 3.05) is 0 Å². The Morgan fingerprint density at radius 1 is 0.900 bits per heavy atom. The van der Waals surface area contributed by atoms with Gasteiger partial charge in [0.15, 0.2) is 0 Å². The first kappa shape index (κ1) is 14.2. The molecule has 0 rings (SSSR count). The maximum Gasteiger partial charge on any atom is 0.478 e. The molecule has 0 spiro atoms. The Morgan fingerprint density at radius 3 is 1.10 bits per heavy atom. The molecule has 0 aromatic heterocycles. The first-order valence-corrected chi connectivity index (χ1v) is 4.59. The van der Waals surface area contributed by atoms with Crippen molar-refractivity contribution >= 4 is 15.6 Å².